The van der Waals surface area contributed by atoms with Gasteiger partial charge in [0.2, 0.25) is 0 Å². The summed E-state index contributed by atoms with van der Waals surface area (Å²) in [5.74, 6) is 0.499. The summed E-state index contributed by atoms with van der Waals surface area (Å²) in [4.78, 5) is 2.48. The maximum absolute atomic E-state index is 9.04. The summed E-state index contributed by atoms with van der Waals surface area (Å²) in [6, 6.07) is 0.627. The third-order valence-corrected chi connectivity index (χ3v) is 2.78. The summed E-state index contributed by atoms with van der Waals surface area (Å²) >= 11 is 0. The van der Waals surface area contributed by atoms with E-state index in [2.05, 4.69) is 32.6 Å². The molecule has 0 aromatic rings. The summed E-state index contributed by atoms with van der Waals surface area (Å²) in [5.41, 5.74) is 0.253. The van der Waals surface area contributed by atoms with Crippen molar-refractivity contribution in [3.05, 3.63) is 0 Å². The number of aliphatic hydroxyl groups is 1. The van der Waals surface area contributed by atoms with Crippen LogP contribution < -0.4 is 0 Å². The molecule has 0 aliphatic carbocycles. The molecule has 2 heteroatoms. The van der Waals surface area contributed by atoms with Gasteiger partial charge in [0.1, 0.15) is 0 Å². The van der Waals surface area contributed by atoms with Crippen LogP contribution in [0, 0.1) is 5.92 Å². The second-order valence-corrected chi connectivity index (χ2v) is 4.96. The molecule has 12 heavy (non-hydrogen) atoms. The van der Waals surface area contributed by atoms with E-state index in [9.17, 15) is 0 Å². The molecule has 1 rings (SSSR count). The van der Waals surface area contributed by atoms with Crippen molar-refractivity contribution in [1.29, 1.82) is 0 Å². The van der Waals surface area contributed by atoms with Gasteiger partial charge < -0.3 is 5.11 Å². The Labute approximate surface area is 75.6 Å². The van der Waals surface area contributed by atoms with Gasteiger partial charge in [-0.25, -0.2) is 0 Å². The average Bonchev–Trinajstić information content (AvgIpc) is 2.29. The van der Waals surface area contributed by atoms with E-state index < -0.39 is 0 Å². The molecular formula is C10H21NO. The molecule has 1 aliphatic heterocycles. The van der Waals surface area contributed by atoms with Crippen LogP contribution in [0.5, 0.6) is 0 Å². The van der Waals surface area contributed by atoms with E-state index in [4.69, 9.17) is 5.11 Å². The van der Waals surface area contributed by atoms with Gasteiger partial charge in [0.05, 0.1) is 0 Å². The molecule has 0 bridgehead atoms. The fourth-order valence-electron chi connectivity index (χ4n) is 2.21. The number of rotatable bonds is 1. The predicted octanol–water partition coefficient (Wildman–Crippen LogP) is 1.49. The molecule has 1 saturated heterocycles. The van der Waals surface area contributed by atoms with Gasteiger partial charge in [-0.2, -0.15) is 0 Å². The standard InChI is InChI=1S/C10H21NO/c1-8-5-9(7-12)6-11(8)10(2,3)4/h8-9,12H,5-7H2,1-4H3/t8-,9-/m0/s1. The van der Waals surface area contributed by atoms with Crippen molar-refractivity contribution in [3.8, 4) is 0 Å². The van der Waals surface area contributed by atoms with Crippen LogP contribution in [0.2, 0.25) is 0 Å². The molecule has 1 fully saturated rings. The summed E-state index contributed by atoms with van der Waals surface area (Å²) in [7, 11) is 0. The van der Waals surface area contributed by atoms with Crippen molar-refractivity contribution in [2.24, 2.45) is 5.92 Å². The first-order chi connectivity index (χ1) is 5.45. The topological polar surface area (TPSA) is 23.5 Å². The smallest absolute Gasteiger partial charge is 0.0472 e. The summed E-state index contributed by atoms with van der Waals surface area (Å²) in [5, 5.41) is 9.04. The Morgan fingerprint density at radius 2 is 2.00 bits per heavy atom. The van der Waals surface area contributed by atoms with Crippen LogP contribution in [0.25, 0.3) is 0 Å². The quantitative estimate of drug-likeness (QED) is 0.646. The summed E-state index contributed by atoms with van der Waals surface area (Å²) in [6.45, 7) is 10.4. The Balaban J connectivity index is 2.58. The highest BCUT2D eigenvalue weighted by Gasteiger charge is 2.34. The van der Waals surface area contributed by atoms with Crippen molar-refractivity contribution in [3.63, 3.8) is 0 Å². The Kier molecular flexibility index (Phi) is 2.79. The highest BCUT2D eigenvalue weighted by Crippen LogP contribution is 2.29. The van der Waals surface area contributed by atoms with E-state index in [0.717, 1.165) is 13.0 Å². The largest absolute Gasteiger partial charge is 0.396 e. The Bertz CT molecular complexity index is 150. The van der Waals surface area contributed by atoms with Crippen LogP contribution >= 0.6 is 0 Å². The van der Waals surface area contributed by atoms with E-state index in [1.807, 2.05) is 0 Å². The second-order valence-electron chi connectivity index (χ2n) is 4.96. The van der Waals surface area contributed by atoms with Gasteiger partial charge in [-0.3, -0.25) is 4.90 Å². The van der Waals surface area contributed by atoms with Crippen LogP contribution in [0.15, 0.2) is 0 Å². The SMILES string of the molecule is C[C@H]1C[C@H](CO)CN1C(C)(C)C. The molecule has 1 heterocycles. The lowest BCUT2D eigenvalue weighted by atomic mass is 10.1. The van der Waals surface area contributed by atoms with Crippen LogP contribution in [0.3, 0.4) is 0 Å². The Morgan fingerprint density at radius 1 is 1.42 bits per heavy atom. The highest BCUT2D eigenvalue weighted by atomic mass is 16.3. The molecule has 2 nitrogen and oxygen atoms in total. The maximum atomic E-state index is 9.04. The maximum Gasteiger partial charge on any atom is 0.0472 e. The second kappa shape index (κ2) is 3.35. The molecule has 0 radical (unpaired) electrons. The molecule has 72 valence electrons. The monoisotopic (exact) mass is 171 g/mol. The molecule has 0 aromatic heterocycles. The van der Waals surface area contributed by atoms with Gasteiger partial charge in [-0.05, 0) is 40.0 Å². The number of hydrogen-bond donors (Lipinski definition) is 1. The number of hydrogen-bond acceptors (Lipinski definition) is 2. The first-order valence-electron chi connectivity index (χ1n) is 4.82. The van der Waals surface area contributed by atoms with Gasteiger partial charge in [0.25, 0.3) is 0 Å². The highest BCUT2D eigenvalue weighted by molar-refractivity contribution is 4.89. The average molecular weight is 171 g/mol. The van der Waals surface area contributed by atoms with Gasteiger partial charge >= 0.3 is 0 Å². The van der Waals surface area contributed by atoms with Crippen molar-refractivity contribution in [1.82, 2.24) is 4.90 Å². The molecule has 1 aliphatic rings. The van der Waals surface area contributed by atoms with Crippen molar-refractivity contribution in [2.75, 3.05) is 13.2 Å². The third kappa shape index (κ3) is 1.99. The van der Waals surface area contributed by atoms with E-state index in [-0.39, 0.29) is 5.54 Å². The fraction of sp³-hybridized carbons (Fsp3) is 1.00. The number of nitrogens with zero attached hydrogens (tertiary/aromatic N) is 1. The van der Waals surface area contributed by atoms with Crippen LogP contribution in [-0.4, -0.2) is 34.7 Å². The van der Waals surface area contributed by atoms with E-state index in [1.165, 1.54) is 0 Å². The van der Waals surface area contributed by atoms with Gasteiger partial charge in [0, 0.05) is 24.7 Å². The molecule has 0 amide bonds. The van der Waals surface area contributed by atoms with Gasteiger partial charge in [-0.1, -0.05) is 0 Å². The first-order valence-corrected chi connectivity index (χ1v) is 4.82. The minimum Gasteiger partial charge on any atom is -0.396 e. The molecule has 2 atom stereocenters. The predicted molar refractivity (Wildman–Crippen MR) is 51.1 cm³/mol. The fourth-order valence-corrected chi connectivity index (χ4v) is 2.21. The molecule has 1 N–H and O–H groups in total. The summed E-state index contributed by atoms with van der Waals surface area (Å²) in [6.07, 6.45) is 1.15. The molecular weight excluding hydrogens is 150 g/mol. The van der Waals surface area contributed by atoms with Crippen molar-refractivity contribution in [2.45, 2.75) is 45.7 Å². The van der Waals surface area contributed by atoms with Crippen molar-refractivity contribution >= 4 is 0 Å². The lowest BCUT2D eigenvalue weighted by molar-refractivity contribution is 0.122. The molecule has 0 spiro atoms. The van der Waals surface area contributed by atoms with Crippen LogP contribution in [0.4, 0.5) is 0 Å². The Morgan fingerprint density at radius 3 is 2.25 bits per heavy atom. The zero-order valence-electron chi connectivity index (χ0n) is 8.67. The van der Waals surface area contributed by atoms with Crippen molar-refractivity contribution < 1.29 is 5.11 Å². The lowest BCUT2D eigenvalue weighted by Gasteiger charge is -2.35. The van der Waals surface area contributed by atoms with E-state index in [1.54, 1.807) is 0 Å². The van der Waals surface area contributed by atoms with Crippen LogP contribution in [0.1, 0.15) is 34.1 Å². The first kappa shape index (κ1) is 10.0. The number of likely N-dealkylation sites (tertiary alicyclic amines) is 1. The van der Waals surface area contributed by atoms with E-state index in [0.29, 0.717) is 18.6 Å². The van der Waals surface area contributed by atoms with Gasteiger partial charge in [-0.15, -0.1) is 0 Å². The minimum absolute atomic E-state index is 0.253. The molecule has 0 saturated carbocycles. The normalized spacial score (nSPS) is 32.8. The van der Waals surface area contributed by atoms with Gasteiger partial charge in [0.15, 0.2) is 0 Å². The zero-order chi connectivity index (χ0) is 9.35. The molecule has 0 aromatic carbocycles. The minimum atomic E-state index is 0.253. The Hall–Kier alpha value is -0.0800. The lowest BCUT2D eigenvalue weighted by Crippen LogP contribution is -2.43. The summed E-state index contributed by atoms with van der Waals surface area (Å²) < 4.78 is 0. The van der Waals surface area contributed by atoms with E-state index >= 15 is 0 Å². The molecule has 0 unspecified atom stereocenters. The zero-order valence-corrected chi connectivity index (χ0v) is 8.67. The third-order valence-electron chi connectivity index (χ3n) is 2.78. The van der Waals surface area contributed by atoms with Crippen LogP contribution in [-0.2, 0) is 0 Å². The number of aliphatic hydroxyl groups excluding tert-OH is 1.